The average molecular weight is 364 g/mol. The summed E-state index contributed by atoms with van der Waals surface area (Å²) in [6.07, 6.45) is 1.20. The van der Waals surface area contributed by atoms with Gasteiger partial charge in [-0.05, 0) is 30.5 Å². The maximum absolute atomic E-state index is 12.8. The Hall–Kier alpha value is -3.28. The van der Waals surface area contributed by atoms with E-state index in [0.717, 1.165) is 22.0 Å². The lowest BCUT2D eigenvalue weighted by atomic mass is 9.91. The largest absolute Gasteiger partial charge is 0.530 e. The van der Waals surface area contributed by atoms with Crippen LogP contribution in [0.15, 0.2) is 60.8 Å². The minimum atomic E-state index is -1.48. The van der Waals surface area contributed by atoms with Gasteiger partial charge in [-0.2, -0.15) is 0 Å². The second kappa shape index (κ2) is 7.95. The minimum Gasteiger partial charge on any atom is -0.530 e. The Labute approximate surface area is 157 Å². The molecule has 3 rings (SSSR count). The number of aromatic nitrogens is 1. The molecule has 1 aromatic heterocycles. The van der Waals surface area contributed by atoms with Crippen LogP contribution in [0.5, 0.6) is 0 Å². The highest BCUT2D eigenvalue weighted by atomic mass is 16.4. The van der Waals surface area contributed by atoms with E-state index in [-0.39, 0.29) is 12.3 Å². The van der Waals surface area contributed by atoms with Gasteiger partial charge in [-0.1, -0.05) is 48.5 Å². The lowest BCUT2D eigenvalue weighted by Crippen LogP contribution is -2.61. The third-order valence-electron chi connectivity index (χ3n) is 4.64. The molecule has 0 aliphatic rings. The molecular weight excluding hydrogens is 342 g/mol. The quantitative estimate of drug-likeness (QED) is 0.596. The van der Waals surface area contributed by atoms with Crippen LogP contribution in [-0.4, -0.2) is 29.1 Å². The van der Waals surface area contributed by atoms with Crippen molar-refractivity contribution in [3.05, 3.63) is 71.9 Å². The monoisotopic (exact) mass is 364 g/mol. The molecule has 3 aromatic rings. The molecule has 140 valence electrons. The number of benzene rings is 2. The predicted octanol–water partition coefficient (Wildman–Crippen LogP) is 1.76. The molecule has 0 saturated heterocycles. The Bertz CT molecular complexity index is 936. The standard InChI is InChI=1S/C21H23N3O3/c1-21(24-20(26)27,13-16-14-23-18-10-6-5-9-17(16)18)19(25)22-12-11-15-7-3-2-4-8-15/h2-10,14,23-24H,11-13H2,1H3,(H,22,25)(H,26,27)/p-1. The maximum atomic E-state index is 12.8. The van der Waals surface area contributed by atoms with Crippen molar-refractivity contribution < 1.29 is 14.7 Å². The van der Waals surface area contributed by atoms with Gasteiger partial charge in [0.2, 0.25) is 5.91 Å². The van der Waals surface area contributed by atoms with Crippen molar-refractivity contribution >= 4 is 22.9 Å². The minimum absolute atomic E-state index is 0.210. The zero-order valence-corrected chi connectivity index (χ0v) is 15.1. The number of amides is 2. The Morgan fingerprint density at radius 1 is 1.07 bits per heavy atom. The van der Waals surface area contributed by atoms with E-state index < -0.39 is 11.6 Å². The summed E-state index contributed by atoms with van der Waals surface area (Å²) in [5, 5.41) is 17.3. The van der Waals surface area contributed by atoms with Crippen LogP contribution in [0, 0.1) is 0 Å². The van der Waals surface area contributed by atoms with Gasteiger partial charge in [-0.15, -0.1) is 0 Å². The Kier molecular flexibility index (Phi) is 5.45. The SMILES string of the molecule is CC(Cc1c[nH]c2ccccc12)(NC(=O)[O-])C(=O)NCCc1ccccc1. The van der Waals surface area contributed by atoms with Gasteiger partial charge >= 0.3 is 0 Å². The Morgan fingerprint density at radius 2 is 1.78 bits per heavy atom. The summed E-state index contributed by atoms with van der Waals surface area (Å²) >= 11 is 0. The average Bonchev–Trinajstić information content (AvgIpc) is 3.04. The first-order valence-electron chi connectivity index (χ1n) is 8.84. The van der Waals surface area contributed by atoms with Crippen molar-refractivity contribution in [2.75, 3.05) is 6.54 Å². The van der Waals surface area contributed by atoms with Crippen LogP contribution < -0.4 is 15.7 Å². The fourth-order valence-electron chi connectivity index (χ4n) is 3.23. The van der Waals surface area contributed by atoms with Crippen molar-refractivity contribution in [3.63, 3.8) is 0 Å². The van der Waals surface area contributed by atoms with Gasteiger partial charge in [0.15, 0.2) is 0 Å². The topological polar surface area (TPSA) is 97.1 Å². The first-order valence-corrected chi connectivity index (χ1v) is 8.84. The van der Waals surface area contributed by atoms with Crippen LogP contribution in [-0.2, 0) is 17.6 Å². The van der Waals surface area contributed by atoms with Gasteiger partial charge in [0.1, 0.15) is 11.6 Å². The summed E-state index contributed by atoms with van der Waals surface area (Å²) < 4.78 is 0. The van der Waals surface area contributed by atoms with E-state index in [9.17, 15) is 14.7 Å². The highest BCUT2D eigenvalue weighted by Gasteiger charge is 2.34. The first-order chi connectivity index (χ1) is 13.0. The van der Waals surface area contributed by atoms with Gasteiger partial charge in [0.05, 0.1) is 0 Å². The van der Waals surface area contributed by atoms with Gasteiger partial charge in [-0.3, -0.25) is 4.79 Å². The summed E-state index contributed by atoms with van der Waals surface area (Å²) in [6.45, 7) is 1.99. The normalized spacial score (nSPS) is 13.1. The van der Waals surface area contributed by atoms with E-state index >= 15 is 0 Å². The van der Waals surface area contributed by atoms with Crippen LogP contribution in [0.25, 0.3) is 10.9 Å². The molecule has 0 fully saturated rings. The molecule has 0 radical (unpaired) electrons. The molecule has 3 N–H and O–H groups in total. The number of carboxylic acid groups (broad SMARTS) is 1. The molecule has 2 aromatic carbocycles. The molecule has 0 spiro atoms. The highest BCUT2D eigenvalue weighted by molar-refractivity contribution is 5.91. The molecule has 1 unspecified atom stereocenters. The molecule has 0 aliphatic carbocycles. The third-order valence-corrected chi connectivity index (χ3v) is 4.64. The van der Waals surface area contributed by atoms with Gasteiger partial charge in [0.25, 0.3) is 0 Å². The smallest absolute Gasteiger partial charge is 0.245 e. The van der Waals surface area contributed by atoms with Crippen LogP contribution >= 0.6 is 0 Å². The predicted molar refractivity (Wildman–Crippen MR) is 102 cm³/mol. The number of fused-ring (bicyclic) bond motifs is 1. The molecule has 1 heterocycles. The number of para-hydroxylation sites is 1. The molecule has 0 saturated carbocycles. The molecular formula is C21H22N3O3-. The van der Waals surface area contributed by atoms with Crippen LogP contribution in [0.4, 0.5) is 4.79 Å². The van der Waals surface area contributed by atoms with Gasteiger partial charge in [0, 0.05) is 30.1 Å². The summed E-state index contributed by atoms with van der Waals surface area (Å²) in [5.74, 6) is -0.382. The second-order valence-corrected chi connectivity index (χ2v) is 6.77. The molecule has 0 bridgehead atoms. The van der Waals surface area contributed by atoms with E-state index in [1.165, 1.54) is 0 Å². The number of nitrogens with one attached hydrogen (secondary N) is 3. The molecule has 0 aliphatic heterocycles. The van der Waals surface area contributed by atoms with Gasteiger partial charge in [-0.25, -0.2) is 0 Å². The number of hydrogen-bond donors (Lipinski definition) is 3. The number of H-pyrrole nitrogens is 1. The number of aromatic amines is 1. The zero-order valence-electron chi connectivity index (χ0n) is 15.1. The van der Waals surface area contributed by atoms with Crippen LogP contribution in [0.2, 0.25) is 0 Å². The first kappa shape index (κ1) is 18.5. The van der Waals surface area contributed by atoms with Crippen LogP contribution in [0.1, 0.15) is 18.1 Å². The summed E-state index contributed by atoms with van der Waals surface area (Å²) in [5.41, 5.74) is 1.57. The fraction of sp³-hybridized carbons (Fsp3) is 0.238. The van der Waals surface area contributed by atoms with E-state index in [1.807, 2.05) is 54.6 Å². The lowest BCUT2D eigenvalue weighted by molar-refractivity contribution is -0.252. The molecule has 27 heavy (non-hydrogen) atoms. The van der Waals surface area contributed by atoms with E-state index in [0.29, 0.717) is 13.0 Å². The van der Waals surface area contributed by atoms with E-state index in [1.54, 1.807) is 13.1 Å². The zero-order chi connectivity index (χ0) is 19.3. The van der Waals surface area contributed by atoms with Crippen molar-refractivity contribution in [1.82, 2.24) is 15.6 Å². The number of carbonyl (C=O) groups excluding carboxylic acids is 2. The van der Waals surface area contributed by atoms with Crippen molar-refractivity contribution in [3.8, 4) is 0 Å². The van der Waals surface area contributed by atoms with Crippen molar-refractivity contribution in [2.24, 2.45) is 0 Å². The van der Waals surface area contributed by atoms with Crippen LogP contribution in [0.3, 0.4) is 0 Å². The molecule has 1 atom stereocenters. The summed E-state index contributed by atoms with van der Waals surface area (Å²) in [6, 6.07) is 17.5. The van der Waals surface area contributed by atoms with E-state index in [2.05, 4.69) is 15.6 Å². The molecule has 6 nitrogen and oxygen atoms in total. The van der Waals surface area contributed by atoms with Crippen molar-refractivity contribution in [2.45, 2.75) is 25.3 Å². The molecule has 2 amide bonds. The Balaban J connectivity index is 1.73. The lowest BCUT2D eigenvalue weighted by Gasteiger charge is -2.31. The van der Waals surface area contributed by atoms with Crippen molar-refractivity contribution in [1.29, 1.82) is 0 Å². The highest BCUT2D eigenvalue weighted by Crippen LogP contribution is 2.22. The van der Waals surface area contributed by atoms with Gasteiger partial charge < -0.3 is 25.5 Å². The maximum Gasteiger partial charge on any atom is 0.245 e. The third kappa shape index (κ3) is 4.47. The fourth-order valence-corrected chi connectivity index (χ4v) is 3.23. The number of hydrogen-bond acceptors (Lipinski definition) is 3. The number of carbonyl (C=O) groups is 2. The number of rotatable bonds is 7. The summed E-state index contributed by atoms with van der Waals surface area (Å²) in [4.78, 5) is 27.1. The second-order valence-electron chi connectivity index (χ2n) is 6.77. The molecule has 6 heteroatoms. The van der Waals surface area contributed by atoms with E-state index in [4.69, 9.17) is 0 Å². The Morgan fingerprint density at radius 3 is 2.52 bits per heavy atom. The summed E-state index contributed by atoms with van der Waals surface area (Å²) in [7, 11) is 0.